The van der Waals surface area contributed by atoms with Gasteiger partial charge < -0.3 is 20.1 Å². The van der Waals surface area contributed by atoms with E-state index in [1.54, 1.807) is 7.11 Å². The Morgan fingerprint density at radius 1 is 1.19 bits per heavy atom. The molecule has 0 fully saturated rings. The van der Waals surface area contributed by atoms with Crippen LogP contribution < -0.4 is 10.5 Å². The molecule has 0 bridgehead atoms. The van der Waals surface area contributed by atoms with Crippen LogP contribution in [0.5, 0.6) is 5.75 Å². The van der Waals surface area contributed by atoms with Crippen LogP contribution in [0.25, 0.3) is 21.9 Å². The third-order valence-electron chi connectivity index (χ3n) is 4.43. The van der Waals surface area contributed by atoms with Crippen LogP contribution in [0.15, 0.2) is 42.5 Å². The van der Waals surface area contributed by atoms with E-state index in [0.29, 0.717) is 11.7 Å². The Bertz CT molecular complexity index is 1120. The summed E-state index contributed by atoms with van der Waals surface area (Å²) < 4.78 is 7.53. The fourth-order valence-electron chi connectivity index (χ4n) is 3.29. The van der Waals surface area contributed by atoms with Gasteiger partial charge in [-0.15, -0.1) is 0 Å². The van der Waals surface area contributed by atoms with Gasteiger partial charge in [0.15, 0.2) is 5.15 Å². The van der Waals surface area contributed by atoms with Gasteiger partial charge in [-0.3, -0.25) is 0 Å². The average molecular weight is 369 g/mol. The fourth-order valence-corrected chi connectivity index (χ4v) is 3.57. The number of aliphatic hydroxyl groups is 1. The first-order chi connectivity index (χ1) is 12.6. The molecule has 2 aromatic heterocycles. The van der Waals surface area contributed by atoms with Crippen LogP contribution in [0.3, 0.4) is 0 Å². The number of aliphatic hydroxyl groups excluding tert-OH is 1. The second kappa shape index (κ2) is 6.48. The lowest BCUT2D eigenvalue weighted by molar-refractivity contribution is 0.281. The van der Waals surface area contributed by atoms with Gasteiger partial charge in [-0.05, 0) is 23.8 Å². The first-order valence-corrected chi connectivity index (χ1v) is 8.46. The van der Waals surface area contributed by atoms with Gasteiger partial charge in [0.05, 0.1) is 25.8 Å². The molecule has 0 aliphatic rings. The highest BCUT2D eigenvalue weighted by Crippen LogP contribution is 2.33. The number of rotatable bonds is 4. The summed E-state index contributed by atoms with van der Waals surface area (Å²) in [4.78, 5) is 8.51. The van der Waals surface area contributed by atoms with Crippen LogP contribution in [-0.4, -0.2) is 26.8 Å². The van der Waals surface area contributed by atoms with Gasteiger partial charge in [0.25, 0.3) is 0 Å². The second-order valence-electron chi connectivity index (χ2n) is 5.98. The normalized spacial score (nSPS) is 11.3. The molecular weight excluding hydrogens is 352 g/mol. The lowest BCUT2D eigenvalue weighted by Crippen LogP contribution is -2.04. The number of para-hydroxylation sites is 1. The highest BCUT2D eigenvalue weighted by molar-refractivity contribution is 6.35. The predicted molar refractivity (Wildman–Crippen MR) is 102 cm³/mol. The SMILES string of the molecule is COc1ccc(CO)cc1Cn1c2ccccc2c2nc(N)nc(Cl)c21. The number of benzene rings is 2. The number of anilines is 1. The monoisotopic (exact) mass is 368 g/mol. The Kier molecular flexibility index (Phi) is 4.14. The minimum Gasteiger partial charge on any atom is -0.496 e. The summed E-state index contributed by atoms with van der Waals surface area (Å²) in [6, 6.07) is 13.5. The number of ether oxygens (including phenoxy) is 1. The largest absolute Gasteiger partial charge is 0.496 e. The molecule has 0 aliphatic carbocycles. The Hall–Kier alpha value is -2.83. The molecule has 0 aliphatic heterocycles. The second-order valence-corrected chi connectivity index (χ2v) is 6.34. The van der Waals surface area contributed by atoms with E-state index in [1.165, 1.54) is 0 Å². The van der Waals surface area contributed by atoms with Crippen molar-refractivity contribution in [3.63, 3.8) is 0 Å². The van der Waals surface area contributed by atoms with Gasteiger partial charge in [0.2, 0.25) is 5.95 Å². The van der Waals surface area contributed by atoms with Gasteiger partial charge in [-0.2, -0.15) is 4.98 Å². The number of hydrogen-bond donors (Lipinski definition) is 2. The number of aromatic nitrogens is 3. The number of methoxy groups -OCH3 is 1. The van der Waals surface area contributed by atoms with Crippen molar-refractivity contribution in [1.82, 2.24) is 14.5 Å². The van der Waals surface area contributed by atoms with Crippen LogP contribution in [0.1, 0.15) is 11.1 Å². The van der Waals surface area contributed by atoms with E-state index in [0.717, 1.165) is 38.8 Å². The minimum atomic E-state index is -0.0371. The molecule has 0 saturated carbocycles. The van der Waals surface area contributed by atoms with E-state index < -0.39 is 0 Å². The number of fused-ring (bicyclic) bond motifs is 3. The van der Waals surface area contributed by atoms with E-state index in [2.05, 4.69) is 9.97 Å². The first kappa shape index (κ1) is 16.6. The maximum Gasteiger partial charge on any atom is 0.222 e. The standard InChI is InChI=1S/C19H17ClN4O2/c1-26-15-7-6-11(10-25)8-12(15)9-24-14-5-3-2-4-13(14)16-17(24)18(20)23-19(21)22-16/h2-8,25H,9-10H2,1H3,(H2,21,22,23). The zero-order valence-corrected chi connectivity index (χ0v) is 14.9. The molecule has 0 atom stereocenters. The van der Waals surface area contributed by atoms with Crippen molar-refractivity contribution in [2.75, 3.05) is 12.8 Å². The summed E-state index contributed by atoms with van der Waals surface area (Å²) >= 11 is 6.41. The minimum absolute atomic E-state index is 0.0371. The van der Waals surface area contributed by atoms with Crippen LogP contribution in [0.4, 0.5) is 5.95 Å². The lowest BCUT2D eigenvalue weighted by atomic mass is 10.1. The van der Waals surface area contributed by atoms with E-state index in [-0.39, 0.29) is 12.6 Å². The van der Waals surface area contributed by atoms with Gasteiger partial charge in [0, 0.05) is 10.9 Å². The van der Waals surface area contributed by atoms with Crippen molar-refractivity contribution in [3.05, 3.63) is 58.7 Å². The molecule has 0 unspecified atom stereocenters. The molecular formula is C19H17ClN4O2. The molecule has 2 heterocycles. The van der Waals surface area contributed by atoms with Crippen molar-refractivity contribution >= 4 is 39.5 Å². The average Bonchev–Trinajstić information content (AvgIpc) is 2.96. The number of nitrogens with zero attached hydrogens (tertiary/aromatic N) is 3. The number of halogens is 1. The van der Waals surface area contributed by atoms with E-state index in [4.69, 9.17) is 22.1 Å². The van der Waals surface area contributed by atoms with Crippen LogP contribution in [0, 0.1) is 0 Å². The number of nitrogens with two attached hydrogens (primary N) is 1. The van der Waals surface area contributed by atoms with Gasteiger partial charge in [0.1, 0.15) is 16.8 Å². The predicted octanol–water partition coefficient (Wildman–Crippen LogP) is 3.37. The Morgan fingerprint density at radius 3 is 2.77 bits per heavy atom. The van der Waals surface area contributed by atoms with Crippen molar-refractivity contribution < 1.29 is 9.84 Å². The van der Waals surface area contributed by atoms with Crippen molar-refractivity contribution in [1.29, 1.82) is 0 Å². The molecule has 0 amide bonds. The van der Waals surface area contributed by atoms with Gasteiger partial charge in [-0.1, -0.05) is 35.9 Å². The molecule has 0 radical (unpaired) electrons. The van der Waals surface area contributed by atoms with E-state index in [9.17, 15) is 5.11 Å². The molecule has 0 spiro atoms. The van der Waals surface area contributed by atoms with E-state index >= 15 is 0 Å². The third-order valence-corrected chi connectivity index (χ3v) is 4.70. The summed E-state index contributed by atoms with van der Waals surface area (Å²) in [7, 11) is 1.63. The Balaban J connectivity index is 2.00. The molecule has 7 heteroatoms. The van der Waals surface area contributed by atoms with Crippen LogP contribution in [-0.2, 0) is 13.2 Å². The molecule has 6 nitrogen and oxygen atoms in total. The number of hydrogen-bond acceptors (Lipinski definition) is 5. The fraction of sp³-hybridized carbons (Fsp3) is 0.158. The Morgan fingerprint density at radius 2 is 2.00 bits per heavy atom. The maximum atomic E-state index is 9.47. The zero-order chi connectivity index (χ0) is 18.3. The van der Waals surface area contributed by atoms with Gasteiger partial charge in [-0.25, -0.2) is 4.98 Å². The summed E-state index contributed by atoms with van der Waals surface area (Å²) in [6.07, 6.45) is 0. The maximum absolute atomic E-state index is 9.47. The molecule has 4 rings (SSSR count). The number of nitrogen functional groups attached to an aromatic ring is 1. The molecule has 132 valence electrons. The molecule has 2 aromatic carbocycles. The smallest absolute Gasteiger partial charge is 0.222 e. The lowest BCUT2D eigenvalue weighted by Gasteiger charge is -2.13. The molecule has 3 N–H and O–H groups in total. The Labute approximate surface area is 154 Å². The summed E-state index contributed by atoms with van der Waals surface area (Å²) in [5, 5.41) is 10.7. The van der Waals surface area contributed by atoms with Crippen LogP contribution in [0.2, 0.25) is 5.15 Å². The molecule has 26 heavy (non-hydrogen) atoms. The summed E-state index contributed by atoms with van der Waals surface area (Å²) in [5.41, 5.74) is 9.95. The van der Waals surface area contributed by atoms with Crippen molar-refractivity contribution in [3.8, 4) is 5.75 Å². The van der Waals surface area contributed by atoms with Crippen LogP contribution >= 0.6 is 11.6 Å². The topological polar surface area (TPSA) is 86.2 Å². The summed E-state index contributed by atoms with van der Waals surface area (Å²) in [5.74, 6) is 0.880. The summed E-state index contributed by atoms with van der Waals surface area (Å²) in [6.45, 7) is 0.457. The van der Waals surface area contributed by atoms with Crippen molar-refractivity contribution in [2.45, 2.75) is 13.2 Å². The van der Waals surface area contributed by atoms with Crippen molar-refractivity contribution in [2.24, 2.45) is 0 Å². The van der Waals surface area contributed by atoms with Gasteiger partial charge >= 0.3 is 0 Å². The highest BCUT2D eigenvalue weighted by Gasteiger charge is 2.18. The van der Waals surface area contributed by atoms with E-state index in [1.807, 2.05) is 47.0 Å². The highest BCUT2D eigenvalue weighted by atomic mass is 35.5. The quantitative estimate of drug-likeness (QED) is 0.539. The zero-order valence-electron chi connectivity index (χ0n) is 14.1. The molecule has 4 aromatic rings. The third kappa shape index (κ3) is 2.64. The molecule has 0 saturated heterocycles. The first-order valence-electron chi connectivity index (χ1n) is 8.09.